The minimum atomic E-state index is 0.0553. The second kappa shape index (κ2) is 10.2. The fourth-order valence-electron chi connectivity index (χ4n) is 4.23. The Morgan fingerprint density at radius 3 is 2.90 bits per heavy atom. The van der Waals surface area contributed by atoms with Gasteiger partial charge in [0.2, 0.25) is 5.91 Å². The monoisotopic (exact) mass is 436 g/mol. The molecule has 0 radical (unpaired) electrons. The minimum absolute atomic E-state index is 0.0553. The second-order valence-corrected chi connectivity index (χ2v) is 9.53. The third-order valence-electron chi connectivity index (χ3n) is 5.93. The molecule has 3 aromatic rings. The number of aryl methyl sites for hydroxylation is 1. The molecule has 1 aliphatic heterocycles. The van der Waals surface area contributed by atoms with Crippen LogP contribution in [0.4, 0.5) is 0 Å². The molecule has 0 saturated carbocycles. The highest BCUT2D eigenvalue weighted by Gasteiger charge is 2.16. The summed E-state index contributed by atoms with van der Waals surface area (Å²) in [6.07, 6.45) is 5.60. The van der Waals surface area contributed by atoms with Crippen LogP contribution in [0.3, 0.4) is 0 Å². The first-order valence-corrected chi connectivity index (χ1v) is 12.1. The van der Waals surface area contributed by atoms with Crippen molar-refractivity contribution in [2.24, 2.45) is 5.92 Å². The van der Waals surface area contributed by atoms with Crippen molar-refractivity contribution in [3.8, 4) is 22.0 Å². The molecule has 164 valence electrons. The third-order valence-corrected chi connectivity index (χ3v) is 6.79. The summed E-state index contributed by atoms with van der Waals surface area (Å²) < 4.78 is 1.99. The van der Waals surface area contributed by atoms with E-state index in [0.717, 1.165) is 47.4 Å². The van der Waals surface area contributed by atoms with Gasteiger partial charge in [-0.1, -0.05) is 36.8 Å². The van der Waals surface area contributed by atoms with Crippen LogP contribution < -0.4 is 5.32 Å². The van der Waals surface area contributed by atoms with Crippen LogP contribution in [0.5, 0.6) is 0 Å². The van der Waals surface area contributed by atoms with Crippen LogP contribution >= 0.6 is 11.3 Å². The number of likely N-dealkylation sites (tertiary alicyclic amines) is 1. The molecule has 31 heavy (non-hydrogen) atoms. The van der Waals surface area contributed by atoms with Crippen molar-refractivity contribution in [2.75, 3.05) is 26.2 Å². The predicted octanol–water partition coefficient (Wildman–Crippen LogP) is 4.83. The average molecular weight is 437 g/mol. The number of nitrogens with zero attached hydrogens (tertiary/aromatic N) is 3. The molecular weight excluding hydrogens is 404 g/mol. The van der Waals surface area contributed by atoms with Crippen molar-refractivity contribution < 1.29 is 4.79 Å². The first-order valence-electron chi connectivity index (χ1n) is 11.3. The van der Waals surface area contributed by atoms with Gasteiger partial charge in [0.05, 0.1) is 11.4 Å². The molecule has 1 saturated heterocycles. The molecule has 6 heteroatoms. The van der Waals surface area contributed by atoms with Gasteiger partial charge in [0.15, 0.2) is 0 Å². The van der Waals surface area contributed by atoms with E-state index < -0.39 is 0 Å². The lowest BCUT2D eigenvalue weighted by Gasteiger charge is -2.30. The van der Waals surface area contributed by atoms with Gasteiger partial charge in [-0.25, -0.2) is 4.98 Å². The molecule has 1 atom stereocenters. The number of carbonyl (C=O) groups is 1. The van der Waals surface area contributed by atoms with E-state index in [1.807, 2.05) is 22.9 Å². The maximum atomic E-state index is 12.5. The van der Waals surface area contributed by atoms with Gasteiger partial charge in [0.1, 0.15) is 11.6 Å². The maximum absolute atomic E-state index is 12.5. The Hall–Kier alpha value is -2.44. The first-order chi connectivity index (χ1) is 15.1. The number of hydrogen-bond acceptors (Lipinski definition) is 4. The Morgan fingerprint density at radius 2 is 2.10 bits per heavy atom. The minimum Gasteiger partial charge on any atom is -0.355 e. The largest absolute Gasteiger partial charge is 0.355 e. The molecule has 0 bridgehead atoms. The van der Waals surface area contributed by atoms with Crippen LogP contribution in [0.1, 0.15) is 31.7 Å². The summed E-state index contributed by atoms with van der Waals surface area (Å²) in [6.45, 7) is 8.93. The summed E-state index contributed by atoms with van der Waals surface area (Å²) in [7, 11) is 0. The Morgan fingerprint density at radius 1 is 1.26 bits per heavy atom. The molecule has 3 heterocycles. The zero-order chi connectivity index (χ0) is 21.6. The van der Waals surface area contributed by atoms with Gasteiger partial charge in [0, 0.05) is 30.2 Å². The predicted molar refractivity (Wildman–Crippen MR) is 128 cm³/mol. The second-order valence-electron chi connectivity index (χ2n) is 8.68. The molecule has 1 aromatic carbocycles. The maximum Gasteiger partial charge on any atom is 0.239 e. The highest BCUT2D eigenvalue weighted by Crippen LogP contribution is 2.29. The number of aromatic nitrogens is 2. The van der Waals surface area contributed by atoms with Crippen molar-refractivity contribution in [2.45, 2.75) is 39.7 Å². The quantitative estimate of drug-likeness (QED) is 0.515. The van der Waals surface area contributed by atoms with Crippen LogP contribution in [0.2, 0.25) is 0 Å². The number of amides is 1. The van der Waals surface area contributed by atoms with E-state index >= 15 is 0 Å². The fourth-order valence-corrected chi connectivity index (χ4v) is 5.09. The van der Waals surface area contributed by atoms with Crippen molar-refractivity contribution in [1.29, 1.82) is 0 Å². The zero-order valence-electron chi connectivity index (χ0n) is 18.5. The summed E-state index contributed by atoms with van der Waals surface area (Å²) >= 11 is 1.62. The number of benzene rings is 1. The summed E-state index contributed by atoms with van der Waals surface area (Å²) in [4.78, 5) is 19.8. The topological polar surface area (TPSA) is 50.2 Å². The average Bonchev–Trinajstić information content (AvgIpc) is 3.41. The molecule has 1 N–H and O–H groups in total. The molecule has 0 spiro atoms. The normalized spacial score (nSPS) is 17.0. The SMILES string of the molecule is Cc1ccc(-c2csc(-c3cccn3CC(=O)NCCCN3CCC[C@@H](C)C3)n2)cc1. The molecule has 1 aliphatic rings. The van der Waals surface area contributed by atoms with Gasteiger partial charge in [-0.3, -0.25) is 4.79 Å². The van der Waals surface area contributed by atoms with Crippen LogP contribution in [0.15, 0.2) is 48.0 Å². The number of carbonyl (C=O) groups excluding carboxylic acids is 1. The molecule has 1 fully saturated rings. The summed E-state index contributed by atoms with van der Waals surface area (Å²) in [6, 6.07) is 12.4. The zero-order valence-corrected chi connectivity index (χ0v) is 19.3. The van der Waals surface area contributed by atoms with Crippen LogP contribution in [0, 0.1) is 12.8 Å². The number of thiazole rings is 1. The van der Waals surface area contributed by atoms with Crippen molar-refractivity contribution in [3.63, 3.8) is 0 Å². The van der Waals surface area contributed by atoms with E-state index in [1.54, 1.807) is 11.3 Å². The lowest BCUT2D eigenvalue weighted by Crippen LogP contribution is -2.37. The van der Waals surface area contributed by atoms with E-state index in [0.29, 0.717) is 6.54 Å². The number of nitrogens with one attached hydrogen (secondary N) is 1. The van der Waals surface area contributed by atoms with Gasteiger partial charge in [-0.15, -0.1) is 11.3 Å². The summed E-state index contributed by atoms with van der Waals surface area (Å²) in [5.74, 6) is 0.854. The number of piperidine rings is 1. The van der Waals surface area contributed by atoms with Crippen LogP contribution in [-0.4, -0.2) is 46.5 Å². The standard InChI is InChI=1S/C25H32N4OS/c1-19-8-10-21(11-9-19)22-18-31-25(27-22)23-7-4-15-29(23)17-24(30)26-12-5-14-28-13-3-6-20(2)16-28/h4,7-11,15,18,20H,3,5-6,12-14,16-17H2,1-2H3,(H,26,30)/t20-/m1/s1. The lowest BCUT2D eigenvalue weighted by molar-refractivity contribution is -0.121. The molecule has 0 unspecified atom stereocenters. The van der Waals surface area contributed by atoms with Crippen molar-refractivity contribution in [1.82, 2.24) is 19.8 Å². The van der Waals surface area contributed by atoms with Crippen molar-refractivity contribution >= 4 is 17.2 Å². The molecule has 1 amide bonds. The Balaban J connectivity index is 1.29. The Bertz CT molecular complexity index is 991. The first kappa shape index (κ1) is 21.8. The molecular formula is C25H32N4OS. The van der Waals surface area contributed by atoms with E-state index in [4.69, 9.17) is 4.98 Å². The van der Waals surface area contributed by atoms with Gasteiger partial charge < -0.3 is 14.8 Å². The van der Waals surface area contributed by atoms with Crippen LogP contribution in [0.25, 0.3) is 22.0 Å². The van der Waals surface area contributed by atoms with E-state index in [2.05, 4.69) is 53.7 Å². The fraction of sp³-hybridized carbons (Fsp3) is 0.440. The van der Waals surface area contributed by atoms with Gasteiger partial charge in [0.25, 0.3) is 0 Å². The Kier molecular flexibility index (Phi) is 7.20. The molecule has 0 aliphatic carbocycles. The molecule has 2 aromatic heterocycles. The van der Waals surface area contributed by atoms with E-state index in [1.165, 1.54) is 31.5 Å². The highest BCUT2D eigenvalue weighted by atomic mass is 32.1. The number of hydrogen-bond donors (Lipinski definition) is 1. The third kappa shape index (κ3) is 5.83. The van der Waals surface area contributed by atoms with E-state index in [9.17, 15) is 4.79 Å². The van der Waals surface area contributed by atoms with E-state index in [-0.39, 0.29) is 5.91 Å². The van der Waals surface area contributed by atoms with Gasteiger partial charge in [-0.2, -0.15) is 0 Å². The molecule has 4 rings (SSSR count). The highest BCUT2D eigenvalue weighted by molar-refractivity contribution is 7.13. The number of rotatable bonds is 8. The van der Waals surface area contributed by atoms with Gasteiger partial charge in [-0.05, 0) is 57.3 Å². The van der Waals surface area contributed by atoms with Crippen molar-refractivity contribution in [3.05, 3.63) is 53.5 Å². The summed E-state index contributed by atoms with van der Waals surface area (Å²) in [5, 5.41) is 6.10. The molecule has 5 nitrogen and oxygen atoms in total. The van der Waals surface area contributed by atoms with Crippen LogP contribution in [-0.2, 0) is 11.3 Å². The van der Waals surface area contributed by atoms with Gasteiger partial charge >= 0.3 is 0 Å². The Labute approximate surface area is 189 Å². The smallest absolute Gasteiger partial charge is 0.239 e. The summed E-state index contributed by atoms with van der Waals surface area (Å²) in [5.41, 5.74) is 4.32. The lowest BCUT2D eigenvalue weighted by atomic mass is 10.0.